The van der Waals surface area contributed by atoms with E-state index in [2.05, 4.69) is 126 Å². The third-order valence-electron chi connectivity index (χ3n) is 8.60. The Morgan fingerprint density at radius 1 is 0.481 bits per heavy atom. The summed E-state index contributed by atoms with van der Waals surface area (Å²) in [4.78, 5) is 26.6. The lowest BCUT2D eigenvalue weighted by molar-refractivity contribution is -0.114. The molecule has 0 aliphatic heterocycles. The molecular formula is C42H46Br4N4O2. The van der Waals surface area contributed by atoms with E-state index in [-0.39, 0.29) is 33.2 Å². The van der Waals surface area contributed by atoms with Crippen LogP contribution in [-0.2, 0) is 9.59 Å². The van der Waals surface area contributed by atoms with Crippen LogP contribution in [0.2, 0.25) is 0 Å². The second-order valence-corrected chi connectivity index (χ2v) is 20.3. The van der Waals surface area contributed by atoms with Crippen molar-refractivity contribution in [1.82, 2.24) is 0 Å². The van der Waals surface area contributed by atoms with Crippen molar-refractivity contribution in [1.29, 1.82) is 0 Å². The predicted octanol–water partition coefficient (Wildman–Crippen LogP) is 15.4. The summed E-state index contributed by atoms with van der Waals surface area (Å²) >= 11 is 15.0. The van der Waals surface area contributed by atoms with Crippen LogP contribution in [0.5, 0.6) is 0 Å². The normalized spacial score (nSPS) is 16.4. The number of carbonyl (C=O) groups is 2. The van der Waals surface area contributed by atoms with Gasteiger partial charge in [-0.2, -0.15) is 15.3 Å². The number of Topliss-reactive ketones (excluding diaryl/α,β-unsaturated/α-hetero) is 2. The summed E-state index contributed by atoms with van der Waals surface area (Å²) in [5.41, 5.74) is 6.64. The summed E-state index contributed by atoms with van der Waals surface area (Å²) < 4.78 is 3.04. The zero-order valence-corrected chi connectivity index (χ0v) is 38.2. The van der Waals surface area contributed by atoms with Gasteiger partial charge in [-0.05, 0) is 139 Å². The van der Waals surface area contributed by atoms with Crippen molar-refractivity contribution >= 4 is 86.7 Å². The summed E-state index contributed by atoms with van der Waals surface area (Å²) in [6.45, 7) is 24.6. The first-order chi connectivity index (χ1) is 23.8. The van der Waals surface area contributed by atoms with E-state index < -0.39 is 0 Å². The van der Waals surface area contributed by atoms with E-state index in [0.717, 1.165) is 62.5 Å². The fourth-order valence-electron chi connectivity index (χ4n) is 5.65. The number of ketones is 2. The molecule has 2 aliphatic carbocycles. The highest BCUT2D eigenvalue weighted by atomic mass is 79.9. The molecule has 0 radical (unpaired) electrons. The highest BCUT2D eigenvalue weighted by Crippen LogP contribution is 2.50. The molecule has 0 heterocycles. The number of carbonyl (C=O) groups excluding carboxylic acids is 2. The third-order valence-corrected chi connectivity index (χ3v) is 12.8. The van der Waals surface area contributed by atoms with Crippen molar-refractivity contribution in [2.75, 3.05) is 0 Å². The van der Waals surface area contributed by atoms with Crippen molar-refractivity contribution in [3.8, 4) is 11.1 Å². The van der Waals surface area contributed by atoms with Crippen LogP contribution >= 0.6 is 63.7 Å². The molecule has 0 N–H and O–H groups in total. The maximum absolute atomic E-state index is 13.3. The minimum Gasteiger partial charge on any atom is -0.289 e. The standard InChI is InChI=1S/C42H46Br4N4O2/c1-39(2,3)27-17-23(18-28(37(27)51)40(4,5)6)21-47-49-26-15-13-25(14-16-26)31-32(43)34(45)36(35(46)33(31)44)50-48-22-24-19-29(41(7,8)9)38(52)30(20-24)42(10,11)12/h13-22H,1-12H3/b49-47+,50-48+. The van der Waals surface area contributed by atoms with E-state index in [1.165, 1.54) is 0 Å². The van der Waals surface area contributed by atoms with Crippen LogP contribution in [0.25, 0.3) is 11.1 Å². The Kier molecular flexibility index (Phi) is 12.6. The number of rotatable bonds is 5. The molecule has 6 nitrogen and oxygen atoms in total. The molecule has 0 saturated heterocycles. The molecular weight excluding hydrogens is 912 g/mol. The van der Waals surface area contributed by atoms with Gasteiger partial charge in [0.25, 0.3) is 0 Å². The van der Waals surface area contributed by atoms with Gasteiger partial charge in [-0.15, -0.1) is 5.11 Å². The zero-order valence-electron chi connectivity index (χ0n) is 31.9. The van der Waals surface area contributed by atoms with Crippen LogP contribution in [0.15, 0.2) is 133 Å². The Balaban J connectivity index is 1.63. The maximum atomic E-state index is 13.3. The Morgan fingerprint density at radius 3 is 1.13 bits per heavy atom. The molecule has 274 valence electrons. The van der Waals surface area contributed by atoms with E-state index in [1.807, 2.05) is 90.1 Å². The average Bonchev–Trinajstić information content (AvgIpc) is 3.01. The number of benzene rings is 2. The number of halogens is 4. The van der Waals surface area contributed by atoms with Crippen LogP contribution in [0.3, 0.4) is 0 Å². The lowest BCUT2D eigenvalue weighted by Crippen LogP contribution is -2.27. The first-order valence-electron chi connectivity index (χ1n) is 17.0. The van der Waals surface area contributed by atoms with Gasteiger partial charge in [-0.25, -0.2) is 0 Å². The van der Waals surface area contributed by atoms with Gasteiger partial charge in [0.2, 0.25) is 0 Å². The monoisotopic (exact) mass is 954 g/mol. The van der Waals surface area contributed by atoms with Crippen molar-refractivity contribution in [3.63, 3.8) is 0 Å². The first kappa shape index (κ1) is 42.1. The smallest absolute Gasteiger partial charge is 0.186 e. The Morgan fingerprint density at radius 2 is 0.808 bits per heavy atom. The second-order valence-electron chi connectivity index (χ2n) is 17.1. The third kappa shape index (κ3) is 9.52. The highest BCUT2D eigenvalue weighted by molar-refractivity contribution is 9.14. The van der Waals surface area contributed by atoms with E-state index >= 15 is 0 Å². The maximum Gasteiger partial charge on any atom is 0.186 e. The van der Waals surface area contributed by atoms with Crippen LogP contribution in [-0.4, -0.2) is 11.6 Å². The fourth-order valence-corrected chi connectivity index (χ4v) is 8.36. The molecule has 2 aromatic rings. The van der Waals surface area contributed by atoms with Gasteiger partial charge >= 0.3 is 0 Å². The molecule has 0 spiro atoms. The second kappa shape index (κ2) is 15.6. The summed E-state index contributed by atoms with van der Waals surface area (Å²) in [6, 6.07) is 7.77. The van der Waals surface area contributed by atoms with Gasteiger partial charge in [0.15, 0.2) is 11.6 Å². The lowest BCUT2D eigenvalue weighted by Gasteiger charge is -2.31. The summed E-state index contributed by atoms with van der Waals surface area (Å²) in [7, 11) is 0. The molecule has 2 aliphatic rings. The topological polar surface area (TPSA) is 83.6 Å². The molecule has 52 heavy (non-hydrogen) atoms. The number of azo groups is 2. The quantitative estimate of drug-likeness (QED) is 0.221. The highest BCUT2D eigenvalue weighted by Gasteiger charge is 2.35. The summed E-state index contributed by atoms with van der Waals surface area (Å²) in [5, 5.41) is 17.8. The Labute approximate surface area is 342 Å². The van der Waals surface area contributed by atoms with E-state index in [0.29, 0.717) is 11.4 Å². The molecule has 0 atom stereocenters. The van der Waals surface area contributed by atoms with Crippen molar-refractivity contribution in [2.24, 2.45) is 42.1 Å². The molecule has 0 fully saturated rings. The van der Waals surface area contributed by atoms with Gasteiger partial charge < -0.3 is 0 Å². The van der Waals surface area contributed by atoms with Crippen molar-refractivity contribution < 1.29 is 9.59 Å². The van der Waals surface area contributed by atoms with E-state index in [9.17, 15) is 9.59 Å². The molecule has 0 bridgehead atoms. The SMILES string of the molecule is CC(C)(C)C1=CC(=C/N=N/c2ccc(-c3c(Br)c(Br)c(/N=N/C=C4C=C(C(C)(C)C)C(=O)C(C(C)(C)C)=C4)c(Br)c3Br)cc2)C=C(C(C)(C)C)C1=O. The predicted molar refractivity (Wildman–Crippen MR) is 228 cm³/mol. The Bertz CT molecular complexity index is 1960. The van der Waals surface area contributed by atoms with Crippen LogP contribution < -0.4 is 0 Å². The fraction of sp³-hybridized carbons (Fsp3) is 0.381. The molecule has 4 rings (SSSR count). The summed E-state index contributed by atoms with van der Waals surface area (Å²) in [5.74, 6) is 0.167. The lowest BCUT2D eigenvalue weighted by atomic mass is 9.72. The molecule has 0 amide bonds. The van der Waals surface area contributed by atoms with Crippen molar-refractivity contribution in [2.45, 2.75) is 83.1 Å². The molecule has 0 unspecified atom stereocenters. The molecule has 2 aromatic carbocycles. The minimum absolute atomic E-state index is 0.0777. The number of hydrogen-bond acceptors (Lipinski definition) is 6. The Hall–Kier alpha value is -2.66. The van der Waals surface area contributed by atoms with Gasteiger partial charge in [0.1, 0.15) is 5.69 Å². The average molecular weight is 958 g/mol. The minimum atomic E-state index is -0.311. The largest absolute Gasteiger partial charge is 0.289 e. The van der Waals surface area contributed by atoms with Crippen molar-refractivity contribution in [3.05, 3.63) is 112 Å². The zero-order chi connectivity index (χ0) is 39.1. The van der Waals surface area contributed by atoms with Gasteiger partial charge in [0.05, 0.1) is 27.0 Å². The summed E-state index contributed by atoms with van der Waals surface area (Å²) in [6.07, 6.45) is 11.1. The number of nitrogens with zero attached hydrogens (tertiary/aromatic N) is 4. The van der Waals surface area contributed by atoms with Gasteiger partial charge in [0, 0.05) is 36.8 Å². The molecule has 0 saturated carbocycles. The van der Waals surface area contributed by atoms with Gasteiger partial charge in [-0.3, -0.25) is 9.59 Å². The van der Waals surface area contributed by atoms with E-state index in [4.69, 9.17) is 0 Å². The number of hydrogen-bond donors (Lipinski definition) is 0. The molecule has 0 aromatic heterocycles. The number of allylic oxidation sites excluding steroid dienone is 10. The first-order valence-corrected chi connectivity index (χ1v) is 20.2. The van der Waals surface area contributed by atoms with Crippen LogP contribution in [0.1, 0.15) is 83.1 Å². The van der Waals surface area contributed by atoms with Crippen LogP contribution in [0, 0.1) is 21.7 Å². The van der Waals surface area contributed by atoms with Crippen LogP contribution in [0.4, 0.5) is 11.4 Å². The molecule has 10 heteroatoms. The van der Waals surface area contributed by atoms with E-state index in [1.54, 1.807) is 12.4 Å². The van der Waals surface area contributed by atoms with Gasteiger partial charge in [-0.1, -0.05) is 95.2 Å².